The maximum absolute atomic E-state index is 13.5. The molecule has 0 spiro atoms. The minimum absolute atomic E-state index is 0.229. The molecule has 34 heavy (non-hydrogen) atoms. The highest BCUT2D eigenvalue weighted by molar-refractivity contribution is 6.13. The number of rotatable bonds is 5. The van der Waals surface area contributed by atoms with Gasteiger partial charge in [0.05, 0.1) is 58.2 Å². The number of aryl methyl sites for hydroxylation is 1. The van der Waals surface area contributed by atoms with E-state index in [1.807, 2.05) is 54.9 Å². The van der Waals surface area contributed by atoms with Gasteiger partial charge in [-0.1, -0.05) is 30.3 Å². The second kappa shape index (κ2) is 8.64. The number of anilines is 1. The third kappa shape index (κ3) is 3.91. The fourth-order valence-corrected chi connectivity index (χ4v) is 3.97. The van der Waals surface area contributed by atoms with Crippen LogP contribution in [-0.4, -0.2) is 30.9 Å². The average Bonchev–Trinajstić information content (AvgIpc) is 3.49. The second-order valence-electron chi connectivity index (χ2n) is 8.03. The van der Waals surface area contributed by atoms with Gasteiger partial charge < -0.3 is 5.32 Å². The molecule has 1 amide bonds. The topological polar surface area (TPSA) is 112 Å². The fraction of sp³-hybridized carbons (Fsp3) is 0.115. The van der Waals surface area contributed by atoms with Crippen molar-refractivity contribution in [2.45, 2.75) is 20.4 Å². The number of nitrogens with one attached hydrogen (secondary N) is 2. The minimum Gasteiger partial charge on any atom is -0.319 e. The molecule has 0 aliphatic heterocycles. The molecule has 0 aliphatic rings. The van der Waals surface area contributed by atoms with Gasteiger partial charge in [-0.3, -0.25) is 14.6 Å². The Morgan fingerprint density at radius 3 is 2.68 bits per heavy atom. The molecule has 8 heteroatoms. The number of amides is 1. The second-order valence-corrected chi connectivity index (χ2v) is 8.03. The van der Waals surface area contributed by atoms with Crippen molar-refractivity contribution in [3.63, 3.8) is 0 Å². The number of carbonyl (C=O) groups is 1. The van der Waals surface area contributed by atoms with Gasteiger partial charge in [0.1, 0.15) is 0 Å². The van der Waals surface area contributed by atoms with Crippen molar-refractivity contribution >= 4 is 22.5 Å². The normalized spacial score (nSPS) is 10.9. The van der Waals surface area contributed by atoms with Crippen LogP contribution in [0.15, 0.2) is 67.0 Å². The van der Waals surface area contributed by atoms with E-state index in [1.54, 1.807) is 30.6 Å². The number of para-hydroxylation sites is 1. The van der Waals surface area contributed by atoms with Gasteiger partial charge >= 0.3 is 0 Å². The maximum atomic E-state index is 13.5. The van der Waals surface area contributed by atoms with Crippen molar-refractivity contribution in [3.8, 4) is 17.3 Å². The summed E-state index contributed by atoms with van der Waals surface area (Å²) in [5, 5.41) is 24.3. The lowest BCUT2D eigenvalue weighted by atomic mass is 10.0. The van der Waals surface area contributed by atoms with E-state index in [-0.39, 0.29) is 5.91 Å². The molecule has 2 aromatic carbocycles. The van der Waals surface area contributed by atoms with Gasteiger partial charge in [0.15, 0.2) is 0 Å². The number of carbonyl (C=O) groups excluding carboxylic acids is 1. The standard InChI is InChI=1S/C26H21N7O/c1-16-25(17(2)33(32-16)15-19-9-7-18(12-27)8-10-19)31-26(34)22-11-24(20-13-28-29-14-20)30-23-6-4-3-5-21(22)23/h3-11,13-14H,15H2,1-2H3,(H,28,29)(H,31,34). The van der Waals surface area contributed by atoms with E-state index in [9.17, 15) is 4.79 Å². The summed E-state index contributed by atoms with van der Waals surface area (Å²) in [5.74, 6) is -0.229. The number of hydrogen-bond donors (Lipinski definition) is 2. The molecule has 0 fully saturated rings. The Morgan fingerprint density at radius 1 is 1.15 bits per heavy atom. The predicted octanol–water partition coefficient (Wildman–Crippen LogP) is 4.61. The van der Waals surface area contributed by atoms with E-state index in [0.29, 0.717) is 29.1 Å². The lowest BCUT2D eigenvalue weighted by Gasteiger charge is -2.11. The molecule has 0 saturated carbocycles. The number of benzene rings is 2. The van der Waals surface area contributed by atoms with Crippen LogP contribution in [0.2, 0.25) is 0 Å². The first-order chi connectivity index (χ1) is 16.5. The summed E-state index contributed by atoms with van der Waals surface area (Å²) in [6.45, 7) is 4.34. The van der Waals surface area contributed by atoms with Crippen molar-refractivity contribution in [2.75, 3.05) is 5.32 Å². The van der Waals surface area contributed by atoms with E-state index < -0.39 is 0 Å². The predicted molar refractivity (Wildman–Crippen MR) is 129 cm³/mol. The number of H-pyrrole nitrogens is 1. The summed E-state index contributed by atoms with van der Waals surface area (Å²) in [7, 11) is 0. The van der Waals surface area contributed by atoms with Crippen molar-refractivity contribution in [3.05, 3.63) is 95.1 Å². The highest BCUT2D eigenvalue weighted by Gasteiger charge is 2.19. The number of fused-ring (bicyclic) bond motifs is 1. The number of nitrogens with zero attached hydrogens (tertiary/aromatic N) is 5. The van der Waals surface area contributed by atoms with Crippen molar-refractivity contribution in [1.29, 1.82) is 5.26 Å². The first-order valence-corrected chi connectivity index (χ1v) is 10.8. The molecule has 166 valence electrons. The fourth-order valence-electron chi connectivity index (χ4n) is 3.97. The molecule has 0 bridgehead atoms. The van der Waals surface area contributed by atoms with E-state index in [1.165, 1.54) is 0 Å². The Balaban J connectivity index is 1.47. The summed E-state index contributed by atoms with van der Waals surface area (Å²) < 4.78 is 1.86. The first kappa shape index (κ1) is 21.1. The first-order valence-electron chi connectivity index (χ1n) is 10.8. The quantitative estimate of drug-likeness (QED) is 0.409. The molecule has 0 atom stereocenters. The van der Waals surface area contributed by atoms with E-state index in [4.69, 9.17) is 5.26 Å². The Kier molecular flexibility index (Phi) is 5.36. The van der Waals surface area contributed by atoms with Gasteiger partial charge in [0.2, 0.25) is 0 Å². The zero-order valence-corrected chi connectivity index (χ0v) is 18.7. The molecule has 3 heterocycles. The molecule has 0 saturated heterocycles. The monoisotopic (exact) mass is 447 g/mol. The van der Waals surface area contributed by atoms with Gasteiger partial charge in [-0.2, -0.15) is 15.5 Å². The van der Waals surface area contributed by atoms with E-state index >= 15 is 0 Å². The summed E-state index contributed by atoms with van der Waals surface area (Å²) in [5.41, 5.74) is 6.64. The van der Waals surface area contributed by atoms with Gasteiger partial charge in [0.25, 0.3) is 5.91 Å². The molecule has 5 rings (SSSR count). The molecule has 2 N–H and O–H groups in total. The highest BCUT2D eigenvalue weighted by Crippen LogP contribution is 2.27. The van der Waals surface area contributed by atoms with Crippen LogP contribution in [0, 0.1) is 25.2 Å². The van der Waals surface area contributed by atoms with Gasteiger partial charge in [-0.05, 0) is 43.7 Å². The Morgan fingerprint density at radius 2 is 1.94 bits per heavy atom. The molecular weight excluding hydrogens is 426 g/mol. The van der Waals surface area contributed by atoms with Crippen LogP contribution in [-0.2, 0) is 6.54 Å². The van der Waals surface area contributed by atoms with Crippen LogP contribution in [0.1, 0.15) is 32.9 Å². The minimum atomic E-state index is -0.229. The van der Waals surface area contributed by atoms with Gasteiger partial charge in [0, 0.05) is 17.1 Å². The number of nitriles is 1. The number of hydrogen-bond acceptors (Lipinski definition) is 5. The zero-order valence-electron chi connectivity index (χ0n) is 18.7. The average molecular weight is 448 g/mol. The maximum Gasteiger partial charge on any atom is 0.256 e. The summed E-state index contributed by atoms with van der Waals surface area (Å²) in [6.07, 6.45) is 3.43. The number of pyridine rings is 1. The Hall–Kier alpha value is -4.77. The van der Waals surface area contributed by atoms with Crippen molar-refractivity contribution in [2.24, 2.45) is 0 Å². The van der Waals surface area contributed by atoms with E-state index in [0.717, 1.165) is 33.4 Å². The van der Waals surface area contributed by atoms with E-state index in [2.05, 4.69) is 31.7 Å². The zero-order chi connectivity index (χ0) is 23.7. The molecule has 0 aliphatic carbocycles. The summed E-state index contributed by atoms with van der Waals surface area (Å²) in [6, 6.07) is 18.9. The molecular formula is C26H21N7O. The molecule has 8 nitrogen and oxygen atoms in total. The SMILES string of the molecule is Cc1nn(Cc2ccc(C#N)cc2)c(C)c1NC(=O)c1cc(-c2cn[nH]c2)nc2ccccc12. The summed E-state index contributed by atoms with van der Waals surface area (Å²) >= 11 is 0. The smallest absolute Gasteiger partial charge is 0.256 e. The molecule has 5 aromatic rings. The van der Waals surface area contributed by atoms with Gasteiger partial charge in [-0.25, -0.2) is 4.98 Å². The molecule has 0 radical (unpaired) electrons. The Bertz CT molecular complexity index is 1540. The molecule has 0 unspecified atom stereocenters. The van der Waals surface area contributed by atoms with Crippen LogP contribution in [0.3, 0.4) is 0 Å². The third-order valence-corrected chi connectivity index (χ3v) is 5.79. The largest absolute Gasteiger partial charge is 0.319 e. The van der Waals surface area contributed by atoms with Crippen LogP contribution >= 0.6 is 0 Å². The van der Waals surface area contributed by atoms with Crippen molar-refractivity contribution < 1.29 is 4.79 Å². The van der Waals surface area contributed by atoms with Gasteiger partial charge in [-0.15, -0.1) is 0 Å². The van der Waals surface area contributed by atoms with Crippen molar-refractivity contribution in [1.82, 2.24) is 25.0 Å². The van der Waals surface area contributed by atoms with Crippen LogP contribution in [0.4, 0.5) is 5.69 Å². The lowest BCUT2D eigenvalue weighted by molar-refractivity contribution is 0.102. The third-order valence-electron chi connectivity index (χ3n) is 5.79. The van der Waals surface area contributed by atoms with Crippen LogP contribution in [0.5, 0.6) is 0 Å². The number of aromatic nitrogens is 5. The number of aromatic amines is 1. The van der Waals surface area contributed by atoms with Crippen LogP contribution in [0.25, 0.3) is 22.2 Å². The Labute approximate surface area is 195 Å². The lowest BCUT2D eigenvalue weighted by Crippen LogP contribution is -2.14. The molecule has 3 aromatic heterocycles. The van der Waals surface area contributed by atoms with Crippen LogP contribution < -0.4 is 5.32 Å². The summed E-state index contributed by atoms with van der Waals surface area (Å²) in [4.78, 5) is 18.2. The highest BCUT2D eigenvalue weighted by atomic mass is 16.1.